The minimum Gasteiger partial charge on any atom is -0.330 e. The SMILES string of the molecule is NCCCC1CCN(CC2CCC2)C1. The highest BCUT2D eigenvalue weighted by molar-refractivity contribution is 4.80. The van der Waals surface area contributed by atoms with Crippen molar-refractivity contribution in [3.63, 3.8) is 0 Å². The molecule has 1 atom stereocenters. The Morgan fingerprint density at radius 3 is 2.64 bits per heavy atom. The van der Waals surface area contributed by atoms with Crippen LogP contribution in [0.3, 0.4) is 0 Å². The lowest BCUT2D eigenvalue weighted by Crippen LogP contribution is -2.30. The van der Waals surface area contributed by atoms with Crippen LogP contribution in [0.4, 0.5) is 0 Å². The Morgan fingerprint density at radius 1 is 1.14 bits per heavy atom. The van der Waals surface area contributed by atoms with Crippen molar-refractivity contribution < 1.29 is 0 Å². The van der Waals surface area contributed by atoms with E-state index in [0.717, 1.165) is 18.4 Å². The number of rotatable bonds is 5. The van der Waals surface area contributed by atoms with Gasteiger partial charge in [0.25, 0.3) is 0 Å². The van der Waals surface area contributed by atoms with E-state index >= 15 is 0 Å². The van der Waals surface area contributed by atoms with Crippen LogP contribution in [-0.2, 0) is 0 Å². The molecule has 0 bridgehead atoms. The molecule has 14 heavy (non-hydrogen) atoms. The van der Waals surface area contributed by atoms with Crippen LogP contribution in [0.25, 0.3) is 0 Å². The van der Waals surface area contributed by atoms with Gasteiger partial charge in [0.15, 0.2) is 0 Å². The van der Waals surface area contributed by atoms with Crippen molar-refractivity contribution in [3.8, 4) is 0 Å². The predicted octanol–water partition coefficient (Wildman–Crippen LogP) is 1.85. The molecule has 0 aromatic carbocycles. The van der Waals surface area contributed by atoms with Gasteiger partial charge in [0.1, 0.15) is 0 Å². The van der Waals surface area contributed by atoms with E-state index in [1.54, 1.807) is 0 Å². The van der Waals surface area contributed by atoms with Crippen molar-refractivity contribution in [1.29, 1.82) is 0 Å². The highest BCUT2D eigenvalue weighted by Gasteiger charge is 2.26. The van der Waals surface area contributed by atoms with Crippen LogP contribution in [0.15, 0.2) is 0 Å². The van der Waals surface area contributed by atoms with Crippen molar-refractivity contribution in [2.24, 2.45) is 17.6 Å². The largest absolute Gasteiger partial charge is 0.330 e. The first-order valence-electron chi connectivity index (χ1n) is 6.31. The smallest absolute Gasteiger partial charge is 0.00103 e. The average Bonchev–Trinajstić information content (AvgIpc) is 2.56. The number of hydrogen-bond acceptors (Lipinski definition) is 2. The highest BCUT2D eigenvalue weighted by atomic mass is 15.1. The molecule has 1 aliphatic heterocycles. The Bertz CT molecular complexity index is 166. The summed E-state index contributed by atoms with van der Waals surface area (Å²) in [6.45, 7) is 4.97. The van der Waals surface area contributed by atoms with Gasteiger partial charge in [0.05, 0.1) is 0 Å². The summed E-state index contributed by atoms with van der Waals surface area (Å²) >= 11 is 0. The summed E-state index contributed by atoms with van der Waals surface area (Å²) in [5, 5.41) is 0. The van der Waals surface area contributed by atoms with Crippen LogP contribution < -0.4 is 5.73 Å². The zero-order valence-electron chi connectivity index (χ0n) is 9.25. The average molecular weight is 196 g/mol. The highest BCUT2D eigenvalue weighted by Crippen LogP contribution is 2.29. The Balaban J connectivity index is 1.61. The fourth-order valence-corrected chi connectivity index (χ4v) is 2.76. The van der Waals surface area contributed by atoms with Gasteiger partial charge in [-0.05, 0) is 57.0 Å². The first kappa shape index (κ1) is 10.4. The normalized spacial score (nSPS) is 29.4. The number of hydrogen-bond donors (Lipinski definition) is 1. The van der Waals surface area contributed by atoms with Crippen LogP contribution in [-0.4, -0.2) is 31.1 Å². The van der Waals surface area contributed by atoms with E-state index < -0.39 is 0 Å². The lowest BCUT2D eigenvalue weighted by Gasteiger charge is -2.30. The second-order valence-corrected chi connectivity index (χ2v) is 5.14. The molecular weight excluding hydrogens is 172 g/mol. The Labute approximate surface area is 87.8 Å². The van der Waals surface area contributed by atoms with Gasteiger partial charge >= 0.3 is 0 Å². The molecule has 2 fully saturated rings. The fourth-order valence-electron chi connectivity index (χ4n) is 2.76. The van der Waals surface area contributed by atoms with Crippen LogP contribution in [0.1, 0.15) is 38.5 Å². The minimum atomic E-state index is 0.874. The molecular formula is C12H24N2. The molecule has 2 N–H and O–H groups in total. The number of likely N-dealkylation sites (tertiary alicyclic amines) is 1. The molecule has 1 saturated heterocycles. The maximum atomic E-state index is 5.54. The van der Waals surface area contributed by atoms with E-state index in [4.69, 9.17) is 5.73 Å². The molecule has 1 heterocycles. The Morgan fingerprint density at radius 2 is 2.00 bits per heavy atom. The van der Waals surface area contributed by atoms with Crippen LogP contribution in [0.5, 0.6) is 0 Å². The first-order valence-corrected chi connectivity index (χ1v) is 6.31. The van der Waals surface area contributed by atoms with Gasteiger partial charge in [-0.3, -0.25) is 0 Å². The third kappa shape index (κ3) is 2.71. The maximum Gasteiger partial charge on any atom is 0.00103 e. The van der Waals surface area contributed by atoms with Crippen LogP contribution >= 0.6 is 0 Å². The number of nitrogens with two attached hydrogens (primary N) is 1. The predicted molar refractivity (Wildman–Crippen MR) is 60.2 cm³/mol. The fraction of sp³-hybridized carbons (Fsp3) is 1.00. The summed E-state index contributed by atoms with van der Waals surface area (Å²) in [5.41, 5.74) is 5.54. The van der Waals surface area contributed by atoms with Gasteiger partial charge in [-0.1, -0.05) is 6.42 Å². The topological polar surface area (TPSA) is 29.3 Å². The van der Waals surface area contributed by atoms with Crippen molar-refractivity contribution in [2.45, 2.75) is 38.5 Å². The Hall–Kier alpha value is -0.0800. The summed E-state index contributed by atoms with van der Waals surface area (Å²) in [7, 11) is 0. The van der Waals surface area contributed by atoms with Gasteiger partial charge in [0, 0.05) is 13.1 Å². The van der Waals surface area contributed by atoms with Crippen molar-refractivity contribution >= 4 is 0 Å². The molecule has 1 aliphatic carbocycles. The van der Waals surface area contributed by atoms with Gasteiger partial charge in [-0.15, -0.1) is 0 Å². The lowest BCUT2D eigenvalue weighted by molar-refractivity contribution is 0.200. The monoisotopic (exact) mass is 196 g/mol. The molecule has 0 amide bonds. The first-order chi connectivity index (χ1) is 6.88. The molecule has 1 saturated carbocycles. The van der Waals surface area contributed by atoms with E-state index in [0.29, 0.717) is 0 Å². The summed E-state index contributed by atoms with van der Waals surface area (Å²) in [6, 6.07) is 0. The summed E-state index contributed by atoms with van der Waals surface area (Å²) in [4.78, 5) is 2.69. The summed E-state index contributed by atoms with van der Waals surface area (Å²) in [5.74, 6) is 2.00. The van der Waals surface area contributed by atoms with Crippen molar-refractivity contribution in [2.75, 3.05) is 26.2 Å². The second-order valence-electron chi connectivity index (χ2n) is 5.14. The molecule has 0 aromatic heterocycles. The summed E-state index contributed by atoms with van der Waals surface area (Å²) in [6.07, 6.45) is 8.47. The minimum absolute atomic E-state index is 0.874. The molecule has 0 spiro atoms. The maximum absolute atomic E-state index is 5.54. The second kappa shape index (κ2) is 5.13. The van der Waals surface area contributed by atoms with E-state index in [1.165, 1.54) is 58.2 Å². The standard InChI is InChI=1S/C12H24N2/c13-7-2-5-12-6-8-14(10-12)9-11-3-1-4-11/h11-12H,1-10,13H2. The third-order valence-electron chi connectivity index (χ3n) is 3.93. The molecule has 2 aliphatic rings. The van der Waals surface area contributed by atoms with E-state index in [1.807, 2.05) is 0 Å². The number of nitrogens with zero attached hydrogens (tertiary/aromatic N) is 1. The van der Waals surface area contributed by atoms with E-state index in [-0.39, 0.29) is 0 Å². The lowest BCUT2D eigenvalue weighted by atomic mass is 9.85. The molecule has 0 radical (unpaired) electrons. The molecule has 1 unspecified atom stereocenters. The van der Waals surface area contributed by atoms with Gasteiger partial charge in [0.2, 0.25) is 0 Å². The van der Waals surface area contributed by atoms with Crippen LogP contribution in [0, 0.1) is 11.8 Å². The molecule has 2 nitrogen and oxygen atoms in total. The quantitative estimate of drug-likeness (QED) is 0.727. The van der Waals surface area contributed by atoms with Gasteiger partial charge in [-0.25, -0.2) is 0 Å². The summed E-state index contributed by atoms with van der Waals surface area (Å²) < 4.78 is 0. The van der Waals surface area contributed by atoms with Gasteiger partial charge < -0.3 is 10.6 Å². The molecule has 2 heteroatoms. The Kier molecular flexibility index (Phi) is 3.82. The third-order valence-corrected chi connectivity index (χ3v) is 3.93. The zero-order chi connectivity index (χ0) is 9.80. The molecule has 2 rings (SSSR count). The zero-order valence-corrected chi connectivity index (χ0v) is 9.25. The van der Waals surface area contributed by atoms with Gasteiger partial charge in [-0.2, -0.15) is 0 Å². The van der Waals surface area contributed by atoms with Crippen molar-refractivity contribution in [1.82, 2.24) is 4.90 Å². The van der Waals surface area contributed by atoms with E-state index in [9.17, 15) is 0 Å². The van der Waals surface area contributed by atoms with Crippen LogP contribution in [0.2, 0.25) is 0 Å². The molecule has 0 aromatic rings. The van der Waals surface area contributed by atoms with E-state index in [2.05, 4.69) is 4.90 Å². The molecule has 82 valence electrons. The van der Waals surface area contributed by atoms with Crippen molar-refractivity contribution in [3.05, 3.63) is 0 Å².